The van der Waals surface area contributed by atoms with Crippen molar-refractivity contribution < 1.29 is 23.7 Å². The molecule has 0 saturated heterocycles. The minimum atomic E-state index is -0.0583. The second-order valence-corrected chi connectivity index (χ2v) is 9.04. The molecule has 1 aliphatic rings. The van der Waals surface area contributed by atoms with Gasteiger partial charge in [-0.1, -0.05) is 31.0 Å². The molecule has 1 saturated carbocycles. The van der Waals surface area contributed by atoms with E-state index in [1.165, 1.54) is 18.2 Å². The van der Waals surface area contributed by atoms with Crippen molar-refractivity contribution in [3.05, 3.63) is 12.1 Å². The first kappa shape index (κ1) is 25.2. The summed E-state index contributed by atoms with van der Waals surface area (Å²) in [6.07, 6.45) is 5.67. The Balaban J connectivity index is 1.93. The monoisotopic (exact) mass is 478 g/mol. The molecule has 1 unspecified atom stereocenters. The maximum Gasteiger partial charge on any atom is 0.230 e. The first-order valence-corrected chi connectivity index (χ1v) is 12.2. The lowest BCUT2D eigenvalue weighted by Gasteiger charge is -2.26. The first-order chi connectivity index (χ1) is 16.0. The van der Waals surface area contributed by atoms with Gasteiger partial charge in [0.2, 0.25) is 11.7 Å². The number of thioether (sulfide) groups is 1. The lowest BCUT2D eigenvalue weighted by molar-refractivity contribution is -0.119. The molecule has 1 fully saturated rings. The smallest absolute Gasteiger partial charge is 0.230 e. The first-order valence-electron chi connectivity index (χ1n) is 11.2. The molecule has 0 spiro atoms. The second kappa shape index (κ2) is 12.1. The zero-order chi connectivity index (χ0) is 23.8. The van der Waals surface area contributed by atoms with Gasteiger partial charge in [-0.05, 0) is 31.9 Å². The van der Waals surface area contributed by atoms with E-state index in [0.717, 1.165) is 42.2 Å². The number of amides is 1. The maximum absolute atomic E-state index is 12.4. The quantitative estimate of drug-likeness (QED) is 0.488. The largest absolute Gasteiger partial charge is 0.493 e. The van der Waals surface area contributed by atoms with Crippen LogP contribution in [0.2, 0.25) is 0 Å². The lowest BCUT2D eigenvalue weighted by Crippen LogP contribution is -2.36. The predicted molar refractivity (Wildman–Crippen MR) is 127 cm³/mol. The summed E-state index contributed by atoms with van der Waals surface area (Å²) >= 11 is 1.40. The van der Waals surface area contributed by atoms with Gasteiger partial charge in [-0.15, -0.1) is 10.2 Å². The van der Waals surface area contributed by atoms with E-state index in [4.69, 9.17) is 18.9 Å². The topological polar surface area (TPSA) is 96.7 Å². The van der Waals surface area contributed by atoms with E-state index < -0.39 is 0 Å². The summed E-state index contributed by atoms with van der Waals surface area (Å²) in [7, 11) is 6.39. The lowest BCUT2D eigenvalue weighted by atomic mass is 9.95. The second-order valence-electron chi connectivity index (χ2n) is 8.09. The molecule has 1 aliphatic carbocycles. The Morgan fingerprint density at radius 2 is 1.76 bits per heavy atom. The van der Waals surface area contributed by atoms with E-state index in [2.05, 4.69) is 20.1 Å². The van der Waals surface area contributed by atoms with Gasteiger partial charge in [-0.2, -0.15) is 0 Å². The Bertz CT molecular complexity index is 905. The molecule has 1 aromatic heterocycles. The molecule has 9 nitrogen and oxygen atoms in total. The Kier molecular flexibility index (Phi) is 9.25. The van der Waals surface area contributed by atoms with E-state index in [9.17, 15) is 4.79 Å². The SMILES string of the molecule is COCC(C)NC(=O)CSc1nnc(-c2cc(OC)c(OC)c(OC)c2)n1C1CCCCC1. The summed E-state index contributed by atoms with van der Waals surface area (Å²) in [5.41, 5.74) is 0.826. The number of aromatic nitrogens is 3. The van der Waals surface area contributed by atoms with Crippen molar-refractivity contribution in [2.75, 3.05) is 40.8 Å². The van der Waals surface area contributed by atoms with E-state index in [-0.39, 0.29) is 23.7 Å². The Labute approximate surface area is 199 Å². The third-order valence-electron chi connectivity index (χ3n) is 5.68. The van der Waals surface area contributed by atoms with Crippen molar-refractivity contribution in [1.29, 1.82) is 0 Å². The van der Waals surface area contributed by atoms with E-state index in [1.54, 1.807) is 28.4 Å². The summed E-state index contributed by atoms with van der Waals surface area (Å²) in [6, 6.07) is 4.01. The molecule has 1 heterocycles. The molecule has 182 valence electrons. The van der Waals surface area contributed by atoms with Crippen molar-refractivity contribution in [3.63, 3.8) is 0 Å². The van der Waals surface area contributed by atoms with Gasteiger partial charge in [-0.25, -0.2) is 0 Å². The van der Waals surface area contributed by atoms with Crippen LogP contribution >= 0.6 is 11.8 Å². The highest BCUT2D eigenvalue weighted by atomic mass is 32.2. The highest BCUT2D eigenvalue weighted by molar-refractivity contribution is 7.99. The maximum atomic E-state index is 12.4. The molecule has 2 aromatic rings. The number of methoxy groups -OCH3 is 4. The van der Waals surface area contributed by atoms with E-state index in [0.29, 0.717) is 23.9 Å². The molecule has 33 heavy (non-hydrogen) atoms. The molecule has 1 amide bonds. The number of nitrogens with one attached hydrogen (secondary N) is 1. The van der Waals surface area contributed by atoms with Gasteiger partial charge in [0.1, 0.15) is 0 Å². The normalized spacial score (nSPS) is 15.2. The van der Waals surface area contributed by atoms with Crippen LogP contribution in [-0.4, -0.2) is 67.5 Å². The van der Waals surface area contributed by atoms with Crippen molar-refractivity contribution >= 4 is 17.7 Å². The minimum absolute atomic E-state index is 0.0471. The summed E-state index contributed by atoms with van der Waals surface area (Å²) in [5.74, 6) is 2.59. The number of nitrogens with zero attached hydrogens (tertiary/aromatic N) is 3. The highest BCUT2D eigenvalue weighted by Crippen LogP contribution is 2.42. The van der Waals surface area contributed by atoms with Crippen LogP contribution in [0.4, 0.5) is 0 Å². The summed E-state index contributed by atoms with van der Waals surface area (Å²) in [6.45, 7) is 2.39. The van der Waals surface area contributed by atoms with Crippen LogP contribution in [0, 0.1) is 0 Å². The number of carbonyl (C=O) groups excluding carboxylic acids is 1. The van der Waals surface area contributed by atoms with Crippen LogP contribution in [0.5, 0.6) is 17.2 Å². The van der Waals surface area contributed by atoms with Crippen LogP contribution in [-0.2, 0) is 9.53 Å². The summed E-state index contributed by atoms with van der Waals surface area (Å²) < 4.78 is 23.8. The van der Waals surface area contributed by atoms with Crippen LogP contribution in [0.25, 0.3) is 11.4 Å². The number of carbonyl (C=O) groups is 1. The zero-order valence-corrected chi connectivity index (χ0v) is 20.9. The standard InChI is InChI=1S/C23H34N4O5S/c1-15(13-29-2)24-20(28)14-33-23-26-25-22(27(23)17-9-7-6-8-10-17)16-11-18(30-3)21(32-5)19(12-16)31-4/h11-12,15,17H,6-10,13-14H2,1-5H3,(H,24,28). The van der Waals surface area contributed by atoms with Crippen LogP contribution in [0.1, 0.15) is 45.1 Å². The predicted octanol–water partition coefficient (Wildman–Crippen LogP) is 3.72. The van der Waals surface area contributed by atoms with Crippen molar-refractivity contribution in [2.24, 2.45) is 0 Å². The molecular weight excluding hydrogens is 444 g/mol. The molecule has 10 heteroatoms. The van der Waals surface area contributed by atoms with Crippen molar-refractivity contribution in [1.82, 2.24) is 20.1 Å². The van der Waals surface area contributed by atoms with Gasteiger partial charge in [0.15, 0.2) is 22.5 Å². The Morgan fingerprint density at radius 3 is 2.33 bits per heavy atom. The molecule has 1 aromatic carbocycles. The molecule has 0 aliphatic heterocycles. The van der Waals surface area contributed by atoms with Gasteiger partial charge >= 0.3 is 0 Å². The number of benzene rings is 1. The van der Waals surface area contributed by atoms with Crippen LogP contribution < -0.4 is 19.5 Å². The van der Waals surface area contributed by atoms with Gasteiger partial charge in [0.25, 0.3) is 0 Å². The van der Waals surface area contributed by atoms with Crippen molar-refractivity contribution in [3.8, 4) is 28.6 Å². The third-order valence-corrected chi connectivity index (χ3v) is 6.63. The molecule has 3 rings (SSSR count). The van der Waals surface area contributed by atoms with Gasteiger partial charge in [-0.3, -0.25) is 9.36 Å². The minimum Gasteiger partial charge on any atom is -0.493 e. The molecule has 0 bridgehead atoms. The number of ether oxygens (including phenoxy) is 4. The fourth-order valence-electron chi connectivity index (χ4n) is 4.19. The number of hydrogen-bond donors (Lipinski definition) is 1. The zero-order valence-electron chi connectivity index (χ0n) is 20.1. The van der Waals surface area contributed by atoms with Crippen LogP contribution in [0.15, 0.2) is 17.3 Å². The fraction of sp³-hybridized carbons (Fsp3) is 0.609. The summed E-state index contributed by atoms with van der Waals surface area (Å²) in [5, 5.41) is 12.7. The highest BCUT2D eigenvalue weighted by Gasteiger charge is 2.26. The molecule has 1 N–H and O–H groups in total. The fourth-order valence-corrected chi connectivity index (χ4v) is 5.01. The number of rotatable bonds is 11. The van der Waals surface area contributed by atoms with Crippen LogP contribution in [0.3, 0.4) is 0 Å². The average molecular weight is 479 g/mol. The average Bonchev–Trinajstić information content (AvgIpc) is 3.26. The Morgan fingerprint density at radius 1 is 1.09 bits per heavy atom. The van der Waals surface area contributed by atoms with Gasteiger partial charge in [0, 0.05) is 24.8 Å². The van der Waals surface area contributed by atoms with Gasteiger partial charge < -0.3 is 24.3 Å². The molecule has 0 radical (unpaired) electrons. The van der Waals surface area contributed by atoms with Crippen molar-refractivity contribution in [2.45, 2.75) is 56.3 Å². The molecular formula is C23H34N4O5S. The Hall–Kier alpha value is -2.46. The summed E-state index contributed by atoms with van der Waals surface area (Å²) in [4.78, 5) is 12.4. The van der Waals surface area contributed by atoms with E-state index >= 15 is 0 Å². The van der Waals surface area contributed by atoms with Gasteiger partial charge in [0.05, 0.1) is 33.7 Å². The number of hydrogen-bond acceptors (Lipinski definition) is 8. The third kappa shape index (κ3) is 6.11. The van der Waals surface area contributed by atoms with E-state index in [1.807, 2.05) is 19.1 Å². The molecule has 1 atom stereocenters.